The molecule has 0 radical (unpaired) electrons. The molecule has 0 saturated carbocycles. The molecule has 5 rings (SSSR count). The Balaban J connectivity index is 1.39. The normalized spacial score (nSPS) is 23.5. The predicted molar refractivity (Wildman–Crippen MR) is 121 cm³/mol. The zero-order valence-electron chi connectivity index (χ0n) is 18.0. The summed E-state index contributed by atoms with van der Waals surface area (Å²) in [5.74, 6) is 2.18. The van der Waals surface area contributed by atoms with Crippen LogP contribution in [-0.2, 0) is 6.42 Å². The van der Waals surface area contributed by atoms with Gasteiger partial charge >= 0.3 is 0 Å². The van der Waals surface area contributed by atoms with Crippen molar-refractivity contribution in [3.05, 3.63) is 41.9 Å². The smallest absolute Gasteiger partial charge is 0.153 e. The summed E-state index contributed by atoms with van der Waals surface area (Å²) in [6.07, 6.45) is 9.67. The average Bonchev–Trinajstić information content (AvgIpc) is 3.16. The first-order chi connectivity index (χ1) is 15.2. The third-order valence-corrected chi connectivity index (χ3v) is 6.83. The third kappa shape index (κ3) is 4.26. The Hall–Kier alpha value is -2.98. The van der Waals surface area contributed by atoms with Crippen molar-refractivity contribution in [2.24, 2.45) is 5.92 Å². The van der Waals surface area contributed by atoms with Crippen LogP contribution in [0.25, 0.3) is 10.9 Å². The Bertz CT molecular complexity index is 1080. The topological polar surface area (TPSA) is 93.5 Å². The van der Waals surface area contributed by atoms with Crippen molar-refractivity contribution in [3.8, 4) is 6.07 Å². The minimum atomic E-state index is 0.614. The molecule has 160 valence electrons. The first-order valence-electron chi connectivity index (χ1n) is 11.4. The van der Waals surface area contributed by atoms with Crippen LogP contribution in [0.3, 0.4) is 0 Å². The lowest BCUT2D eigenvalue weighted by Gasteiger charge is -2.49. The third-order valence-electron chi connectivity index (χ3n) is 6.83. The van der Waals surface area contributed by atoms with Gasteiger partial charge in [-0.05, 0) is 57.1 Å². The van der Waals surface area contributed by atoms with Crippen molar-refractivity contribution in [2.75, 3.05) is 11.9 Å². The summed E-state index contributed by atoms with van der Waals surface area (Å²) >= 11 is 0. The van der Waals surface area contributed by atoms with Crippen molar-refractivity contribution in [3.63, 3.8) is 0 Å². The highest BCUT2D eigenvalue weighted by atomic mass is 15.2. The number of hydrogen-bond acceptors (Lipinski definition) is 6. The largest absolute Gasteiger partial charge is 0.323 e. The molecular weight excluding hydrogens is 386 g/mol. The average molecular weight is 416 g/mol. The molecule has 3 aromatic rings. The molecule has 2 aliphatic rings. The van der Waals surface area contributed by atoms with Gasteiger partial charge in [0, 0.05) is 54.5 Å². The summed E-state index contributed by atoms with van der Waals surface area (Å²) in [6.45, 7) is 2.91. The fraction of sp³-hybridized carbons (Fsp3) is 0.500. The molecule has 0 spiro atoms. The molecule has 2 saturated heterocycles. The van der Waals surface area contributed by atoms with E-state index in [-0.39, 0.29) is 0 Å². The molecule has 31 heavy (non-hydrogen) atoms. The highest BCUT2D eigenvalue weighted by Crippen LogP contribution is 2.39. The van der Waals surface area contributed by atoms with E-state index in [9.17, 15) is 0 Å². The van der Waals surface area contributed by atoms with E-state index in [1.54, 1.807) is 0 Å². The van der Waals surface area contributed by atoms with Crippen LogP contribution in [0.1, 0.15) is 49.9 Å². The number of hydrogen-bond donors (Lipinski definition) is 2. The zero-order valence-corrected chi connectivity index (χ0v) is 18.0. The Morgan fingerprint density at radius 2 is 2.06 bits per heavy atom. The van der Waals surface area contributed by atoms with E-state index in [0.29, 0.717) is 24.4 Å². The summed E-state index contributed by atoms with van der Waals surface area (Å²) in [7, 11) is 0. The molecule has 5 heterocycles. The van der Waals surface area contributed by atoms with Gasteiger partial charge in [0.05, 0.1) is 17.3 Å². The van der Waals surface area contributed by atoms with Crippen molar-refractivity contribution in [1.29, 1.82) is 5.26 Å². The van der Waals surface area contributed by atoms with Gasteiger partial charge in [-0.1, -0.05) is 6.42 Å². The maximum Gasteiger partial charge on any atom is 0.153 e. The standard InChI is InChI=1S/C24H29N7/c1-16-11-24(30-29-16)28-23-15-21-20(7-3-9-26-21)22(27-23)14-17-12-18-5-2-6-19(13-17)31(18)10-4-8-25/h3,7,9,11,15,17-19H,2,4-6,10,12-14H2,1H3,(H2,27,28,29,30)/t17-,18-,19+. The summed E-state index contributed by atoms with van der Waals surface area (Å²) < 4.78 is 0. The van der Waals surface area contributed by atoms with Gasteiger partial charge in [0.2, 0.25) is 0 Å². The maximum atomic E-state index is 9.04. The Kier molecular flexibility index (Phi) is 5.56. The molecule has 2 N–H and O–H groups in total. The molecular formula is C24H29N7. The zero-order chi connectivity index (χ0) is 21.2. The number of anilines is 2. The van der Waals surface area contributed by atoms with Gasteiger partial charge in [0.1, 0.15) is 5.82 Å². The van der Waals surface area contributed by atoms with Crippen LogP contribution in [0, 0.1) is 24.2 Å². The van der Waals surface area contributed by atoms with Gasteiger partial charge in [0.15, 0.2) is 5.82 Å². The molecule has 2 aliphatic heterocycles. The van der Waals surface area contributed by atoms with Crippen molar-refractivity contribution in [1.82, 2.24) is 25.1 Å². The Labute approximate surface area is 182 Å². The van der Waals surface area contributed by atoms with Gasteiger partial charge in [-0.25, -0.2) is 4.98 Å². The van der Waals surface area contributed by atoms with Crippen LogP contribution >= 0.6 is 0 Å². The molecule has 0 unspecified atom stereocenters. The first kappa shape index (κ1) is 20.0. The highest BCUT2D eigenvalue weighted by Gasteiger charge is 2.38. The molecule has 7 nitrogen and oxygen atoms in total. The molecule has 2 bridgehead atoms. The number of nitriles is 1. The second kappa shape index (κ2) is 8.64. The number of aromatic amines is 1. The lowest BCUT2D eigenvalue weighted by Crippen LogP contribution is -2.52. The second-order valence-corrected chi connectivity index (χ2v) is 9.01. The summed E-state index contributed by atoms with van der Waals surface area (Å²) in [5, 5.41) is 20.8. The van der Waals surface area contributed by atoms with Crippen LogP contribution < -0.4 is 5.32 Å². The Morgan fingerprint density at radius 1 is 1.23 bits per heavy atom. The number of nitrogens with zero attached hydrogens (tertiary/aromatic N) is 5. The van der Waals surface area contributed by atoms with Gasteiger partial charge in [-0.2, -0.15) is 10.4 Å². The van der Waals surface area contributed by atoms with E-state index in [1.165, 1.54) is 32.1 Å². The van der Waals surface area contributed by atoms with Crippen LogP contribution in [0.4, 0.5) is 11.6 Å². The van der Waals surface area contributed by atoms with Crippen LogP contribution in [0.15, 0.2) is 30.5 Å². The molecule has 3 atom stereocenters. The molecule has 2 fully saturated rings. The number of nitrogens with one attached hydrogen (secondary N) is 2. The summed E-state index contributed by atoms with van der Waals surface area (Å²) in [4.78, 5) is 12.2. The van der Waals surface area contributed by atoms with Crippen LogP contribution in [-0.4, -0.2) is 43.7 Å². The van der Waals surface area contributed by atoms with Gasteiger partial charge in [0.25, 0.3) is 0 Å². The SMILES string of the molecule is Cc1cc(Nc2cc3ncccc3c(C[C@@H]3C[C@H]4CCC[C@@H](C3)N4CCC#N)n2)n[nH]1. The van der Waals surface area contributed by atoms with E-state index in [4.69, 9.17) is 10.2 Å². The molecule has 0 aliphatic carbocycles. The summed E-state index contributed by atoms with van der Waals surface area (Å²) in [6, 6.07) is 11.7. The van der Waals surface area contributed by atoms with E-state index >= 15 is 0 Å². The van der Waals surface area contributed by atoms with E-state index in [1.807, 2.05) is 31.3 Å². The van der Waals surface area contributed by atoms with Crippen molar-refractivity contribution in [2.45, 2.75) is 64.0 Å². The maximum absolute atomic E-state index is 9.04. The number of piperidine rings is 2. The number of pyridine rings is 2. The lowest BCUT2D eigenvalue weighted by atomic mass is 9.76. The molecule has 7 heteroatoms. The lowest BCUT2D eigenvalue weighted by molar-refractivity contribution is 0.0154. The van der Waals surface area contributed by atoms with Crippen LogP contribution in [0.2, 0.25) is 0 Å². The van der Waals surface area contributed by atoms with Crippen molar-refractivity contribution < 1.29 is 0 Å². The van der Waals surface area contributed by atoms with Crippen LogP contribution in [0.5, 0.6) is 0 Å². The van der Waals surface area contributed by atoms with Gasteiger partial charge in [-0.3, -0.25) is 15.0 Å². The Morgan fingerprint density at radius 3 is 2.81 bits per heavy atom. The minimum Gasteiger partial charge on any atom is -0.323 e. The van der Waals surface area contributed by atoms with Crippen molar-refractivity contribution >= 4 is 22.5 Å². The quantitative estimate of drug-likeness (QED) is 0.616. The fourth-order valence-corrected chi connectivity index (χ4v) is 5.55. The fourth-order valence-electron chi connectivity index (χ4n) is 5.55. The number of aryl methyl sites for hydroxylation is 1. The number of rotatable bonds is 6. The minimum absolute atomic E-state index is 0.614. The summed E-state index contributed by atoms with van der Waals surface area (Å²) in [5.41, 5.74) is 3.10. The number of fused-ring (bicyclic) bond motifs is 3. The number of H-pyrrole nitrogens is 1. The van der Waals surface area contributed by atoms with E-state index in [2.05, 4.69) is 37.5 Å². The van der Waals surface area contributed by atoms with Gasteiger partial charge < -0.3 is 5.32 Å². The van der Waals surface area contributed by atoms with E-state index < -0.39 is 0 Å². The predicted octanol–water partition coefficient (Wildman–Crippen LogP) is 4.49. The molecule has 3 aromatic heterocycles. The van der Waals surface area contributed by atoms with E-state index in [0.717, 1.165) is 46.9 Å². The highest BCUT2D eigenvalue weighted by molar-refractivity contribution is 5.83. The molecule has 0 aromatic carbocycles. The molecule has 0 amide bonds. The second-order valence-electron chi connectivity index (χ2n) is 9.01. The van der Waals surface area contributed by atoms with Gasteiger partial charge in [-0.15, -0.1) is 0 Å². The number of aromatic nitrogens is 4. The first-order valence-corrected chi connectivity index (χ1v) is 11.4. The monoisotopic (exact) mass is 415 g/mol.